The van der Waals surface area contributed by atoms with Crippen LogP contribution in [0.1, 0.15) is 49.4 Å². The molecule has 1 aromatic carbocycles. The maximum atomic E-state index is 13.1. The second kappa shape index (κ2) is 6.93. The van der Waals surface area contributed by atoms with Crippen molar-refractivity contribution in [2.75, 3.05) is 18.0 Å². The Morgan fingerprint density at radius 1 is 1.22 bits per heavy atom. The number of rotatable bonds is 4. The molecule has 23 heavy (non-hydrogen) atoms. The largest absolute Gasteiger partial charge is 0.327 e. The van der Waals surface area contributed by atoms with Gasteiger partial charge in [-0.1, -0.05) is 35.7 Å². The molecule has 0 aromatic heterocycles. The highest BCUT2D eigenvalue weighted by molar-refractivity contribution is 9.11. The van der Waals surface area contributed by atoms with E-state index in [1.807, 2.05) is 17.0 Å². The first kappa shape index (κ1) is 17.0. The minimum atomic E-state index is -0.304. The Morgan fingerprint density at radius 3 is 2.74 bits per heavy atom. The number of carbonyl (C=O) groups is 2. The van der Waals surface area contributed by atoms with Crippen molar-refractivity contribution in [1.82, 2.24) is 4.90 Å². The molecule has 3 rings (SSSR count). The second-order valence-electron chi connectivity index (χ2n) is 6.14. The number of benzene rings is 1. The number of carbonyl (C=O) groups excluding carboxylic acids is 2. The number of hydrogen-bond donors (Lipinski definition) is 0. The van der Waals surface area contributed by atoms with Crippen molar-refractivity contribution in [1.29, 1.82) is 0 Å². The van der Waals surface area contributed by atoms with E-state index in [9.17, 15) is 9.59 Å². The molecular formula is C17H20Br2N2O2. The first-order valence-electron chi connectivity index (χ1n) is 8.16. The van der Waals surface area contributed by atoms with E-state index in [1.54, 1.807) is 4.90 Å². The number of nitrogens with zero attached hydrogens (tertiary/aromatic N) is 2. The van der Waals surface area contributed by atoms with Gasteiger partial charge in [0.2, 0.25) is 5.91 Å². The van der Waals surface area contributed by atoms with E-state index in [2.05, 4.69) is 38.8 Å². The van der Waals surface area contributed by atoms with Crippen LogP contribution >= 0.6 is 31.9 Å². The summed E-state index contributed by atoms with van der Waals surface area (Å²) in [6.45, 7) is 3.48. The standard InChI is InChI=1S/C17H20Br2N2O2/c1-2-3-4-7-21-15-12(9-11(18)10-13(15)19)16(22)20-8-5-6-14(20)17(21)23/h9-10,14H,2-8H2,1H3/t14-/m0/s1. The Bertz CT molecular complexity index is 648. The zero-order chi connectivity index (χ0) is 16.6. The van der Waals surface area contributed by atoms with E-state index in [1.165, 1.54) is 0 Å². The van der Waals surface area contributed by atoms with Gasteiger partial charge in [-0.2, -0.15) is 0 Å². The zero-order valence-corrected chi connectivity index (χ0v) is 16.3. The lowest BCUT2D eigenvalue weighted by molar-refractivity contribution is -0.122. The summed E-state index contributed by atoms with van der Waals surface area (Å²) >= 11 is 7.02. The Hall–Kier alpha value is -0.880. The second-order valence-corrected chi connectivity index (χ2v) is 7.91. The van der Waals surface area contributed by atoms with Crippen molar-refractivity contribution >= 4 is 49.4 Å². The monoisotopic (exact) mass is 442 g/mol. The molecular weight excluding hydrogens is 424 g/mol. The molecule has 0 spiro atoms. The molecule has 4 nitrogen and oxygen atoms in total. The fourth-order valence-corrected chi connectivity index (χ4v) is 4.90. The van der Waals surface area contributed by atoms with Crippen LogP contribution in [0, 0.1) is 0 Å². The highest BCUT2D eigenvalue weighted by Gasteiger charge is 2.42. The van der Waals surface area contributed by atoms with Crippen LogP contribution in [0.2, 0.25) is 0 Å². The minimum absolute atomic E-state index is 0.0316. The lowest BCUT2D eigenvalue weighted by atomic mass is 10.1. The van der Waals surface area contributed by atoms with E-state index in [0.29, 0.717) is 18.7 Å². The van der Waals surface area contributed by atoms with Crippen LogP contribution in [0.3, 0.4) is 0 Å². The maximum absolute atomic E-state index is 13.1. The van der Waals surface area contributed by atoms with E-state index in [4.69, 9.17) is 0 Å². The Morgan fingerprint density at radius 2 is 2.00 bits per heavy atom. The first-order chi connectivity index (χ1) is 11.0. The van der Waals surface area contributed by atoms with Gasteiger partial charge in [0.25, 0.3) is 5.91 Å². The van der Waals surface area contributed by atoms with Crippen molar-refractivity contribution in [3.05, 3.63) is 26.6 Å². The summed E-state index contributed by atoms with van der Waals surface area (Å²) in [4.78, 5) is 29.6. The van der Waals surface area contributed by atoms with Gasteiger partial charge in [0.1, 0.15) is 6.04 Å². The third-order valence-electron chi connectivity index (χ3n) is 4.58. The highest BCUT2D eigenvalue weighted by atomic mass is 79.9. The van der Waals surface area contributed by atoms with Crippen LogP contribution in [-0.4, -0.2) is 35.8 Å². The van der Waals surface area contributed by atoms with Gasteiger partial charge in [0.05, 0.1) is 11.3 Å². The van der Waals surface area contributed by atoms with Gasteiger partial charge in [0, 0.05) is 22.0 Å². The number of amides is 2. The van der Waals surface area contributed by atoms with Crippen molar-refractivity contribution in [2.45, 2.75) is 45.1 Å². The summed E-state index contributed by atoms with van der Waals surface area (Å²) < 4.78 is 1.64. The number of hydrogen-bond acceptors (Lipinski definition) is 2. The first-order valence-corrected chi connectivity index (χ1v) is 9.74. The Balaban J connectivity index is 2.09. The fourth-order valence-electron chi connectivity index (χ4n) is 3.46. The molecule has 1 atom stereocenters. The smallest absolute Gasteiger partial charge is 0.256 e. The molecule has 0 saturated carbocycles. The summed E-state index contributed by atoms with van der Waals surface area (Å²) in [6.07, 6.45) is 4.79. The molecule has 0 radical (unpaired) electrons. The minimum Gasteiger partial charge on any atom is -0.327 e. The SMILES string of the molecule is CCCCCN1C(=O)[C@@H]2CCCN2C(=O)c2cc(Br)cc(Br)c21. The molecule has 0 N–H and O–H groups in total. The fraction of sp³-hybridized carbons (Fsp3) is 0.529. The van der Waals surface area contributed by atoms with Gasteiger partial charge in [-0.3, -0.25) is 9.59 Å². The summed E-state index contributed by atoms with van der Waals surface area (Å²) in [5.74, 6) is 0.0320. The van der Waals surface area contributed by atoms with Crippen LogP contribution in [0.5, 0.6) is 0 Å². The van der Waals surface area contributed by atoms with Gasteiger partial charge in [-0.25, -0.2) is 0 Å². The summed E-state index contributed by atoms with van der Waals surface area (Å²) in [5.41, 5.74) is 1.34. The summed E-state index contributed by atoms with van der Waals surface area (Å²) in [6, 6.07) is 3.44. The van der Waals surface area contributed by atoms with E-state index >= 15 is 0 Å². The van der Waals surface area contributed by atoms with E-state index < -0.39 is 0 Å². The van der Waals surface area contributed by atoms with Crippen LogP contribution in [-0.2, 0) is 4.79 Å². The number of halogens is 2. The van der Waals surface area contributed by atoms with Crippen molar-refractivity contribution in [2.24, 2.45) is 0 Å². The molecule has 1 aromatic rings. The Kier molecular flexibility index (Phi) is 5.11. The molecule has 2 aliphatic heterocycles. The van der Waals surface area contributed by atoms with Crippen molar-refractivity contribution < 1.29 is 9.59 Å². The third kappa shape index (κ3) is 3.07. The molecule has 6 heteroatoms. The molecule has 2 amide bonds. The van der Waals surface area contributed by atoms with Crippen LogP contribution < -0.4 is 4.90 Å². The van der Waals surface area contributed by atoms with Gasteiger partial charge in [-0.05, 0) is 47.3 Å². The van der Waals surface area contributed by atoms with Gasteiger partial charge >= 0.3 is 0 Å². The van der Waals surface area contributed by atoms with Crippen LogP contribution in [0.15, 0.2) is 21.1 Å². The number of fused-ring (bicyclic) bond motifs is 2. The van der Waals surface area contributed by atoms with Crippen LogP contribution in [0.4, 0.5) is 5.69 Å². The number of unbranched alkanes of at least 4 members (excludes halogenated alkanes) is 2. The van der Waals surface area contributed by atoms with Crippen LogP contribution in [0.25, 0.3) is 0 Å². The molecule has 0 bridgehead atoms. The molecule has 1 fully saturated rings. The third-order valence-corrected chi connectivity index (χ3v) is 5.64. The van der Waals surface area contributed by atoms with Gasteiger partial charge in [-0.15, -0.1) is 0 Å². The maximum Gasteiger partial charge on any atom is 0.256 e. The van der Waals surface area contributed by atoms with Gasteiger partial charge in [0.15, 0.2) is 0 Å². The highest BCUT2D eigenvalue weighted by Crippen LogP contribution is 2.39. The lowest BCUT2D eigenvalue weighted by Crippen LogP contribution is -2.45. The topological polar surface area (TPSA) is 40.6 Å². The van der Waals surface area contributed by atoms with Gasteiger partial charge < -0.3 is 9.80 Å². The molecule has 2 heterocycles. The van der Waals surface area contributed by atoms with Crippen molar-refractivity contribution in [3.8, 4) is 0 Å². The Labute approximate surface area is 153 Å². The predicted octanol–water partition coefficient (Wildman–Crippen LogP) is 4.35. The quantitative estimate of drug-likeness (QED) is 0.649. The zero-order valence-electron chi connectivity index (χ0n) is 13.1. The lowest BCUT2D eigenvalue weighted by Gasteiger charge is -2.26. The average molecular weight is 444 g/mol. The average Bonchev–Trinajstić information content (AvgIpc) is 2.97. The molecule has 124 valence electrons. The van der Waals surface area contributed by atoms with Crippen molar-refractivity contribution in [3.63, 3.8) is 0 Å². The number of anilines is 1. The van der Waals surface area contributed by atoms with E-state index in [0.717, 1.165) is 46.7 Å². The van der Waals surface area contributed by atoms with E-state index in [-0.39, 0.29) is 17.9 Å². The normalized spacial score (nSPS) is 20.6. The molecule has 1 saturated heterocycles. The molecule has 2 aliphatic rings. The summed E-state index contributed by atoms with van der Waals surface area (Å²) in [5, 5.41) is 0. The molecule has 0 aliphatic carbocycles. The molecule has 0 unspecified atom stereocenters. The summed E-state index contributed by atoms with van der Waals surface area (Å²) in [7, 11) is 0. The predicted molar refractivity (Wildman–Crippen MR) is 97.8 cm³/mol.